The number of anilines is 1. The number of likely N-dealkylation sites (N-methyl/N-ethyl adjacent to an activating group) is 1. The Bertz CT molecular complexity index is 496. The van der Waals surface area contributed by atoms with Crippen molar-refractivity contribution in [3.63, 3.8) is 0 Å². The summed E-state index contributed by atoms with van der Waals surface area (Å²) in [5.74, 6) is 0.208. The van der Waals surface area contributed by atoms with Crippen LogP contribution in [0.4, 0.5) is 5.69 Å². The Morgan fingerprint density at radius 2 is 1.95 bits per heavy atom. The smallest absolute Gasteiger partial charge is 0.239 e. The van der Waals surface area contributed by atoms with Gasteiger partial charge in [0.25, 0.3) is 0 Å². The second-order valence-corrected chi connectivity index (χ2v) is 6.38. The van der Waals surface area contributed by atoms with E-state index in [1.54, 1.807) is 0 Å². The highest BCUT2D eigenvalue weighted by Crippen LogP contribution is 2.42. The third-order valence-electron chi connectivity index (χ3n) is 4.70. The summed E-state index contributed by atoms with van der Waals surface area (Å²) in [5, 5.41) is 3.58. The van der Waals surface area contributed by atoms with Gasteiger partial charge in [-0.05, 0) is 50.7 Å². The topological polar surface area (TPSA) is 58.4 Å². The van der Waals surface area contributed by atoms with E-state index in [9.17, 15) is 4.79 Å². The zero-order valence-corrected chi connectivity index (χ0v) is 12.7. The van der Waals surface area contributed by atoms with Gasteiger partial charge >= 0.3 is 0 Å². The van der Waals surface area contributed by atoms with Crippen LogP contribution >= 0.6 is 0 Å². The normalized spacial score (nSPS) is 20.8. The highest BCUT2D eigenvalue weighted by molar-refractivity contribution is 5.86. The number of carbonyl (C=O) groups is 1. The molecule has 0 spiro atoms. The Balaban J connectivity index is 1.83. The van der Waals surface area contributed by atoms with Gasteiger partial charge in [-0.3, -0.25) is 10.1 Å². The molecular weight excluding hydrogens is 262 g/mol. The molecule has 2 aliphatic rings. The molecular formula is C17H25N3O. The van der Waals surface area contributed by atoms with E-state index in [4.69, 9.17) is 5.73 Å². The second kappa shape index (κ2) is 5.68. The lowest BCUT2D eigenvalue weighted by Crippen LogP contribution is -2.64. The van der Waals surface area contributed by atoms with E-state index in [-0.39, 0.29) is 5.91 Å². The summed E-state index contributed by atoms with van der Waals surface area (Å²) in [4.78, 5) is 14.5. The second-order valence-electron chi connectivity index (χ2n) is 6.38. The van der Waals surface area contributed by atoms with Gasteiger partial charge in [-0.25, -0.2) is 0 Å². The molecule has 114 valence electrons. The van der Waals surface area contributed by atoms with Crippen molar-refractivity contribution in [2.75, 3.05) is 18.0 Å². The Morgan fingerprint density at radius 3 is 2.43 bits per heavy atom. The number of benzene rings is 1. The van der Waals surface area contributed by atoms with Gasteiger partial charge in [0.2, 0.25) is 5.91 Å². The lowest BCUT2D eigenvalue weighted by Gasteiger charge is -2.38. The fourth-order valence-corrected chi connectivity index (χ4v) is 3.14. The summed E-state index contributed by atoms with van der Waals surface area (Å²) < 4.78 is 0. The molecule has 1 amide bonds. The highest BCUT2D eigenvalue weighted by atomic mass is 16.1. The molecule has 0 saturated heterocycles. The lowest BCUT2D eigenvalue weighted by molar-refractivity contribution is -0.125. The molecule has 4 nitrogen and oxygen atoms in total. The first-order valence-electron chi connectivity index (χ1n) is 8.03. The molecule has 2 fully saturated rings. The number of nitrogens with two attached hydrogens (primary N) is 1. The maximum absolute atomic E-state index is 12.3. The van der Waals surface area contributed by atoms with E-state index in [1.165, 1.54) is 12.8 Å². The summed E-state index contributed by atoms with van der Waals surface area (Å²) in [5.41, 5.74) is 6.44. The van der Waals surface area contributed by atoms with Gasteiger partial charge < -0.3 is 10.6 Å². The largest absolute Gasteiger partial charge is 0.369 e. The molecule has 0 aromatic heterocycles. The third-order valence-corrected chi connectivity index (χ3v) is 4.70. The molecule has 4 heteroatoms. The fourth-order valence-electron chi connectivity index (χ4n) is 3.14. The van der Waals surface area contributed by atoms with Crippen LogP contribution in [0.15, 0.2) is 30.3 Å². The van der Waals surface area contributed by atoms with E-state index >= 15 is 0 Å². The van der Waals surface area contributed by atoms with Crippen molar-refractivity contribution >= 4 is 11.6 Å². The predicted molar refractivity (Wildman–Crippen MR) is 85.1 cm³/mol. The third kappa shape index (κ3) is 3.05. The molecule has 3 N–H and O–H groups in total. The molecule has 21 heavy (non-hydrogen) atoms. The number of rotatable bonds is 8. The zero-order chi connectivity index (χ0) is 14.9. The summed E-state index contributed by atoms with van der Waals surface area (Å²) >= 11 is 0. The Kier molecular flexibility index (Phi) is 3.89. The average Bonchev–Trinajstić information content (AvgIpc) is 3.37. The first-order valence-corrected chi connectivity index (χ1v) is 8.03. The molecule has 1 aromatic rings. The summed E-state index contributed by atoms with van der Waals surface area (Å²) in [6.45, 7) is 3.67. The van der Waals surface area contributed by atoms with Crippen LogP contribution in [-0.2, 0) is 4.79 Å². The van der Waals surface area contributed by atoms with Gasteiger partial charge in [0.05, 0.1) is 0 Å². The molecule has 3 rings (SSSR count). The predicted octanol–water partition coefficient (Wildman–Crippen LogP) is 1.90. The molecule has 0 aliphatic heterocycles. The van der Waals surface area contributed by atoms with Crippen LogP contribution in [0.5, 0.6) is 0 Å². The van der Waals surface area contributed by atoms with Gasteiger partial charge in [-0.1, -0.05) is 18.2 Å². The molecule has 2 saturated carbocycles. The minimum Gasteiger partial charge on any atom is -0.369 e. The number of primary amides is 1. The maximum atomic E-state index is 12.3. The van der Waals surface area contributed by atoms with Crippen molar-refractivity contribution < 1.29 is 4.79 Å². The summed E-state index contributed by atoms with van der Waals surface area (Å²) in [6.07, 6.45) is 4.54. The lowest BCUT2D eigenvalue weighted by atomic mass is 9.90. The van der Waals surface area contributed by atoms with Crippen LogP contribution in [0.1, 0.15) is 32.6 Å². The van der Waals surface area contributed by atoms with Gasteiger partial charge in [-0.15, -0.1) is 0 Å². The SMILES string of the molecule is CCN(CC(NC1CC1)(C(N)=O)C1CC1)c1ccccc1. The number of hydrogen-bond acceptors (Lipinski definition) is 3. The van der Waals surface area contributed by atoms with Gasteiger partial charge in [0.15, 0.2) is 0 Å². The molecule has 2 aliphatic carbocycles. The molecule has 0 heterocycles. The van der Waals surface area contributed by atoms with E-state index in [0.717, 1.165) is 25.1 Å². The molecule has 0 bridgehead atoms. The number of nitrogens with zero attached hydrogens (tertiary/aromatic N) is 1. The Labute approximate surface area is 126 Å². The van der Waals surface area contributed by atoms with Crippen LogP contribution in [0.2, 0.25) is 0 Å². The maximum Gasteiger partial charge on any atom is 0.239 e. The Hall–Kier alpha value is -1.55. The monoisotopic (exact) mass is 287 g/mol. The Morgan fingerprint density at radius 1 is 1.29 bits per heavy atom. The summed E-state index contributed by atoms with van der Waals surface area (Å²) in [6, 6.07) is 10.8. The molecule has 1 unspecified atom stereocenters. The van der Waals surface area contributed by atoms with E-state index < -0.39 is 5.54 Å². The number of para-hydroxylation sites is 1. The fraction of sp³-hybridized carbons (Fsp3) is 0.588. The molecule has 1 atom stereocenters. The number of amides is 1. The van der Waals surface area contributed by atoms with Crippen LogP contribution in [0.3, 0.4) is 0 Å². The number of carbonyl (C=O) groups excluding carboxylic acids is 1. The van der Waals surface area contributed by atoms with Crippen molar-refractivity contribution in [2.24, 2.45) is 11.7 Å². The van der Waals surface area contributed by atoms with Crippen molar-refractivity contribution in [3.05, 3.63) is 30.3 Å². The first kappa shape index (κ1) is 14.4. The van der Waals surface area contributed by atoms with Crippen molar-refractivity contribution in [3.8, 4) is 0 Å². The minimum absolute atomic E-state index is 0.189. The van der Waals surface area contributed by atoms with Crippen molar-refractivity contribution in [2.45, 2.75) is 44.2 Å². The standard InChI is InChI=1S/C17H25N3O/c1-2-20(15-6-4-3-5-7-15)12-17(16(18)21,13-8-9-13)19-14-10-11-14/h3-7,13-14,19H,2,8-12H2,1H3,(H2,18,21). The first-order chi connectivity index (χ1) is 10.2. The van der Waals surface area contributed by atoms with Gasteiger partial charge in [0, 0.05) is 24.8 Å². The van der Waals surface area contributed by atoms with Crippen molar-refractivity contribution in [1.82, 2.24) is 5.32 Å². The zero-order valence-electron chi connectivity index (χ0n) is 12.7. The van der Waals surface area contributed by atoms with Crippen LogP contribution in [-0.4, -0.2) is 30.6 Å². The van der Waals surface area contributed by atoms with Crippen LogP contribution in [0.25, 0.3) is 0 Å². The number of hydrogen-bond donors (Lipinski definition) is 2. The quantitative estimate of drug-likeness (QED) is 0.768. The van der Waals surface area contributed by atoms with E-state index in [0.29, 0.717) is 18.5 Å². The van der Waals surface area contributed by atoms with Gasteiger partial charge in [-0.2, -0.15) is 0 Å². The van der Waals surface area contributed by atoms with Gasteiger partial charge in [0.1, 0.15) is 5.54 Å². The van der Waals surface area contributed by atoms with E-state index in [1.807, 2.05) is 18.2 Å². The van der Waals surface area contributed by atoms with Crippen LogP contribution < -0.4 is 16.0 Å². The minimum atomic E-state index is -0.562. The average molecular weight is 287 g/mol. The van der Waals surface area contributed by atoms with Crippen LogP contribution in [0, 0.1) is 5.92 Å². The van der Waals surface area contributed by atoms with E-state index in [2.05, 4.69) is 29.3 Å². The summed E-state index contributed by atoms with van der Waals surface area (Å²) in [7, 11) is 0. The molecule has 0 radical (unpaired) electrons. The molecule has 1 aromatic carbocycles. The number of nitrogens with one attached hydrogen (secondary N) is 1. The van der Waals surface area contributed by atoms with Crippen molar-refractivity contribution in [1.29, 1.82) is 0 Å². The highest BCUT2D eigenvalue weighted by Gasteiger charge is 2.52.